The Hall–Kier alpha value is -3.69. The maximum atomic E-state index is 12.3. The van der Waals surface area contributed by atoms with Crippen molar-refractivity contribution in [1.29, 1.82) is 0 Å². The van der Waals surface area contributed by atoms with Crippen LogP contribution in [0.3, 0.4) is 0 Å². The smallest absolute Gasteiger partial charge is 0.342 e. The molecule has 1 heterocycles. The van der Waals surface area contributed by atoms with E-state index in [1.165, 1.54) is 39.7 Å². The highest BCUT2D eigenvalue weighted by atomic mass is 16.5. The Bertz CT molecular complexity index is 832. The zero-order valence-electron chi connectivity index (χ0n) is 15.6. The Balaban J connectivity index is 1.90. The minimum atomic E-state index is -0.830. The molecule has 0 aliphatic carbocycles. The van der Waals surface area contributed by atoms with Crippen LogP contribution in [0.15, 0.2) is 34.9 Å². The second-order valence-electron chi connectivity index (χ2n) is 5.29. The topological polar surface area (TPSA) is 125 Å². The maximum Gasteiger partial charge on any atom is 0.342 e. The number of amides is 3. The van der Waals surface area contributed by atoms with E-state index in [0.29, 0.717) is 11.5 Å². The van der Waals surface area contributed by atoms with Gasteiger partial charge in [0.15, 0.2) is 18.1 Å². The fourth-order valence-corrected chi connectivity index (χ4v) is 2.19. The highest BCUT2D eigenvalue weighted by Gasteiger charge is 2.20. The number of rotatable bonds is 8. The van der Waals surface area contributed by atoms with Gasteiger partial charge in [-0.3, -0.25) is 10.1 Å². The molecule has 1 aromatic heterocycles. The third kappa shape index (κ3) is 5.40. The lowest BCUT2D eigenvalue weighted by atomic mass is 10.1. The number of hydrogen-bond acceptors (Lipinski definition) is 8. The van der Waals surface area contributed by atoms with Gasteiger partial charge in [0.2, 0.25) is 0 Å². The molecule has 28 heavy (non-hydrogen) atoms. The molecular weight excluding hydrogens is 372 g/mol. The van der Waals surface area contributed by atoms with Crippen molar-refractivity contribution < 1.29 is 37.7 Å². The van der Waals surface area contributed by atoms with Crippen molar-refractivity contribution in [2.45, 2.75) is 6.54 Å². The number of methoxy groups -OCH3 is 3. The van der Waals surface area contributed by atoms with Crippen molar-refractivity contribution in [3.8, 4) is 17.2 Å². The van der Waals surface area contributed by atoms with Gasteiger partial charge in [0.05, 0.1) is 34.1 Å². The second-order valence-corrected chi connectivity index (χ2v) is 5.29. The van der Waals surface area contributed by atoms with E-state index in [-0.39, 0.29) is 23.6 Å². The zero-order valence-corrected chi connectivity index (χ0v) is 15.6. The van der Waals surface area contributed by atoms with Gasteiger partial charge in [-0.2, -0.15) is 0 Å². The van der Waals surface area contributed by atoms with Crippen molar-refractivity contribution in [2.75, 3.05) is 27.9 Å². The standard InChI is InChI=1S/C18H20N2O8/c1-24-13-8-15(26-3)14(25-2)7-12(13)17(22)28-10-16(21)20-18(23)19-9-11-5-4-6-27-11/h4-8H,9-10H2,1-3H3,(H2,19,20,21,23). The Labute approximate surface area is 160 Å². The Morgan fingerprint density at radius 3 is 2.29 bits per heavy atom. The molecule has 0 atom stereocenters. The lowest BCUT2D eigenvalue weighted by molar-refractivity contribution is -0.123. The molecule has 10 nitrogen and oxygen atoms in total. The summed E-state index contributed by atoms with van der Waals surface area (Å²) in [4.78, 5) is 35.7. The number of ether oxygens (including phenoxy) is 4. The average molecular weight is 392 g/mol. The molecule has 3 amide bonds. The Morgan fingerprint density at radius 1 is 1.00 bits per heavy atom. The molecule has 0 fully saturated rings. The molecule has 0 saturated heterocycles. The largest absolute Gasteiger partial charge is 0.496 e. The first-order valence-corrected chi connectivity index (χ1v) is 8.05. The number of benzene rings is 1. The molecule has 0 bridgehead atoms. The van der Waals surface area contributed by atoms with E-state index < -0.39 is 24.5 Å². The van der Waals surface area contributed by atoms with Gasteiger partial charge >= 0.3 is 12.0 Å². The number of esters is 1. The number of carbonyl (C=O) groups is 3. The van der Waals surface area contributed by atoms with E-state index in [1.807, 2.05) is 5.32 Å². The first kappa shape index (κ1) is 20.6. The van der Waals surface area contributed by atoms with Gasteiger partial charge in [0, 0.05) is 12.1 Å². The monoisotopic (exact) mass is 392 g/mol. The highest BCUT2D eigenvalue weighted by Crippen LogP contribution is 2.34. The normalized spacial score (nSPS) is 9.96. The summed E-state index contributed by atoms with van der Waals surface area (Å²) in [5, 5.41) is 4.46. The first-order valence-electron chi connectivity index (χ1n) is 8.05. The molecule has 0 saturated carbocycles. The molecule has 0 unspecified atom stereocenters. The van der Waals surface area contributed by atoms with E-state index in [2.05, 4.69) is 5.32 Å². The molecule has 0 radical (unpaired) electrons. The van der Waals surface area contributed by atoms with Gasteiger partial charge in [-0.05, 0) is 12.1 Å². The highest BCUT2D eigenvalue weighted by molar-refractivity contribution is 5.98. The van der Waals surface area contributed by atoms with Crippen LogP contribution in [0.1, 0.15) is 16.1 Å². The van der Waals surface area contributed by atoms with E-state index in [9.17, 15) is 14.4 Å². The Kier molecular flexibility index (Phi) is 7.26. The van der Waals surface area contributed by atoms with E-state index in [1.54, 1.807) is 12.1 Å². The van der Waals surface area contributed by atoms with Crippen molar-refractivity contribution in [2.24, 2.45) is 0 Å². The molecular formula is C18H20N2O8. The molecule has 2 rings (SSSR count). The minimum absolute atomic E-state index is 0.0372. The number of nitrogens with one attached hydrogen (secondary N) is 2. The number of urea groups is 1. The van der Waals surface area contributed by atoms with Crippen LogP contribution < -0.4 is 24.8 Å². The summed E-state index contributed by atoms with van der Waals surface area (Å²) in [5.41, 5.74) is 0.0372. The number of hydrogen-bond donors (Lipinski definition) is 2. The fraction of sp³-hybridized carbons (Fsp3) is 0.278. The van der Waals surface area contributed by atoms with Crippen LogP contribution in [0.5, 0.6) is 17.2 Å². The third-order valence-corrected chi connectivity index (χ3v) is 3.52. The van der Waals surface area contributed by atoms with Crippen LogP contribution in [-0.4, -0.2) is 45.8 Å². The van der Waals surface area contributed by atoms with Gasteiger partial charge in [-0.25, -0.2) is 9.59 Å². The Morgan fingerprint density at radius 2 is 1.68 bits per heavy atom. The molecule has 0 aliphatic heterocycles. The molecule has 2 aromatic rings. The van der Waals surface area contributed by atoms with Crippen molar-refractivity contribution in [3.05, 3.63) is 41.9 Å². The van der Waals surface area contributed by atoms with Gasteiger partial charge in [-0.15, -0.1) is 0 Å². The van der Waals surface area contributed by atoms with Crippen LogP contribution in [0.2, 0.25) is 0 Å². The number of imide groups is 1. The van der Waals surface area contributed by atoms with Gasteiger partial charge < -0.3 is 28.7 Å². The molecule has 150 valence electrons. The summed E-state index contributed by atoms with van der Waals surface area (Å²) in [7, 11) is 4.22. The van der Waals surface area contributed by atoms with Crippen LogP contribution in [0.25, 0.3) is 0 Å². The van der Waals surface area contributed by atoms with Crippen molar-refractivity contribution >= 4 is 17.9 Å². The van der Waals surface area contributed by atoms with E-state index >= 15 is 0 Å². The summed E-state index contributed by atoms with van der Waals surface area (Å²) in [6.45, 7) is -0.556. The van der Waals surface area contributed by atoms with Gasteiger partial charge in [0.1, 0.15) is 17.1 Å². The van der Waals surface area contributed by atoms with Crippen LogP contribution >= 0.6 is 0 Å². The third-order valence-electron chi connectivity index (χ3n) is 3.52. The van der Waals surface area contributed by atoms with E-state index in [4.69, 9.17) is 23.4 Å². The fourth-order valence-electron chi connectivity index (χ4n) is 2.19. The lowest BCUT2D eigenvalue weighted by Gasteiger charge is -2.13. The molecule has 0 aliphatic rings. The summed E-state index contributed by atoms with van der Waals surface area (Å²) in [6.07, 6.45) is 1.46. The van der Waals surface area contributed by atoms with Gasteiger partial charge in [-0.1, -0.05) is 0 Å². The lowest BCUT2D eigenvalue weighted by Crippen LogP contribution is -2.41. The van der Waals surface area contributed by atoms with Crippen LogP contribution in [0, 0.1) is 0 Å². The quantitative estimate of drug-likeness (QED) is 0.647. The summed E-state index contributed by atoms with van der Waals surface area (Å²) in [5.74, 6) is -0.276. The predicted molar refractivity (Wildman–Crippen MR) is 95.5 cm³/mol. The second kappa shape index (κ2) is 9.86. The van der Waals surface area contributed by atoms with Crippen molar-refractivity contribution in [3.63, 3.8) is 0 Å². The molecule has 1 aromatic carbocycles. The average Bonchev–Trinajstić information content (AvgIpc) is 3.23. The first-order chi connectivity index (χ1) is 13.5. The molecule has 10 heteroatoms. The molecule has 2 N–H and O–H groups in total. The van der Waals surface area contributed by atoms with Crippen LogP contribution in [0.4, 0.5) is 4.79 Å². The zero-order chi connectivity index (χ0) is 20.5. The van der Waals surface area contributed by atoms with Crippen LogP contribution in [-0.2, 0) is 16.1 Å². The summed E-state index contributed by atoms with van der Waals surface area (Å²) in [6, 6.07) is 5.41. The summed E-state index contributed by atoms with van der Waals surface area (Å²) >= 11 is 0. The predicted octanol–water partition coefficient (Wildman–Crippen LogP) is 1.49. The maximum absolute atomic E-state index is 12.3. The number of carbonyl (C=O) groups excluding carboxylic acids is 3. The minimum Gasteiger partial charge on any atom is -0.496 e. The van der Waals surface area contributed by atoms with Crippen molar-refractivity contribution in [1.82, 2.24) is 10.6 Å². The summed E-state index contributed by atoms with van der Waals surface area (Å²) < 4.78 is 25.4. The SMILES string of the molecule is COc1cc(OC)c(C(=O)OCC(=O)NC(=O)NCc2ccco2)cc1OC. The molecule has 0 spiro atoms. The van der Waals surface area contributed by atoms with Gasteiger partial charge in [0.25, 0.3) is 5.91 Å². The number of furan rings is 1. The van der Waals surface area contributed by atoms with E-state index in [0.717, 1.165) is 0 Å².